The van der Waals surface area contributed by atoms with E-state index in [2.05, 4.69) is 6.58 Å². The van der Waals surface area contributed by atoms with Gasteiger partial charge >= 0.3 is 6.18 Å². The summed E-state index contributed by atoms with van der Waals surface area (Å²) in [6.07, 6.45) is -2.11. The molecule has 35 heavy (non-hydrogen) atoms. The van der Waals surface area contributed by atoms with E-state index < -0.39 is 52.0 Å². The van der Waals surface area contributed by atoms with Crippen LogP contribution in [0.1, 0.15) is 17.5 Å². The summed E-state index contributed by atoms with van der Waals surface area (Å²) in [5, 5.41) is 0.808. The summed E-state index contributed by atoms with van der Waals surface area (Å²) in [6.45, 7) is 3.66. The molecule has 0 saturated heterocycles. The monoisotopic (exact) mass is 492 g/mol. The number of allylic oxidation sites excluding steroid dienone is 1. The van der Waals surface area contributed by atoms with Gasteiger partial charge in [-0.1, -0.05) is 36.4 Å². The maximum atomic E-state index is 15.2. The van der Waals surface area contributed by atoms with E-state index in [-0.39, 0.29) is 28.6 Å². The van der Waals surface area contributed by atoms with Crippen LogP contribution in [0.4, 0.5) is 35.1 Å². The first kappa shape index (κ1) is 24.4. The molecule has 8 heteroatoms. The Kier molecular flexibility index (Phi) is 6.40. The molecule has 0 aliphatic carbocycles. The number of rotatable bonds is 5. The number of hydrogen-bond donors (Lipinski definition) is 0. The van der Waals surface area contributed by atoms with Crippen molar-refractivity contribution in [3.05, 3.63) is 107 Å². The molecule has 0 radical (unpaired) electrons. The maximum Gasteiger partial charge on any atom is 0.422 e. The summed E-state index contributed by atoms with van der Waals surface area (Å²) in [6, 6.07) is 9.95. The first-order chi connectivity index (χ1) is 16.5. The van der Waals surface area contributed by atoms with E-state index in [1.807, 2.05) is 0 Å². The zero-order valence-electron chi connectivity index (χ0n) is 17.9. The lowest BCUT2D eigenvalue weighted by atomic mass is 9.95. The van der Waals surface area contributed by atoms with Crippen molar-refractivity contribution in [2.45, 2.75) is 19.0 Å². The smallest absolute Gasteiger partial charge is 0.206 e. The molecule has 0 aliphatic rings. The van der Waals surface area contributed by atoms with Crippen molar-refractivity contribution in [3.8, 4) is 22.3 Å². The quantitative estimate of drug-likeness (QED) is 0.193. The first-order valence-corrected chi connectivity index (χ1v) is 10.4. The molecule has 0 saturated carbocycles. The average molecular weight is 492 g/mol. The SMILES string of the molecule is C=CCCc1ccc2c(F)c(-c3cc(F)c(-c4cc(F)c(C(F)(F)F)c(F)c4)c(F)c3)ccc2c1. The molecular formula is C27H16F8. The van der Waals surface area contributed by atoms with Crippen LogP contribution in [-0.2, 0) is 12.6 Å². The molecule has 4 rings (SSSR count). The van der Waals surface area contributed by atoms with Gasteiger partial charge in [-0.2, -0.15) is 13.2 Å². The van der Waals surface area contributed by atoms with E-state index in [1.165, 1.54) is 6.07 Å². The van der Waals surface area contributed by atoms with Gasteiger partial charge in [-0.3, -0.25) is 0 Å². The van der Waals surface area contributed by atoms with Crippen LogP contribution in [0.3, 0.4) is 0 Å². The molecular weight excluding hydrogens is 476 g/mol. The summed E-state index contributed by atoms with van der Waals surface area (Å²) >= 11 is 0. The minimum Gasteiger partial charge on any atom is -0.206 e. The Morgan fingerprint density at radius 3 is 1.89 bits per heavy atom. The van der Waals surface area contributed by atoms with E-state index in [0.717, 1.165) is 24.1 Å². The van der Waals surface area contributed by atoms with Crippen molar-refractivity contribution in [2.75, 3.05) is 0 Å². The second-order valence-electron chi connectivity index (χ2n) is 7.94. The van der Waals surface area contributed by atoms with Crippen LogP contribution in [0.5, 0.6) is 0 Å². The van der Waals surface area contributed by atoms with Crippen molar-refractivity contribution >= 4 is 10.8 Å². The molecule has 0 N–H and O–H groups in total. The van der Waals surface area contributed by atoms with Gasteiger partial charge in [0.05, 0.1) is 5.56 Å². The first-order valence-electron chi connectivity index (χ1n) is 10.4. The van der Waals surface area contributed by atoms with Crippen LogP contribution in [0.25, 0.3) is 33.0 Å². The zero-order valence-corrected chi connectivity index (χ0v) is 17.9. The molecule has 0 fully saturated rings. The fourth-order valence-electron chi connectivity index (χ4n) is 3.98. The van der Waals surface area contributed by atoms with Crippen molar-refractivity contribution in [2.24, 2.45) is 0 Å². The molecule has 0 unspecified atom stereocenters. The Labute approximate surface area is 195 Å². The highest BCUT2D eigenvalue weighted by Crippen LogP contribution is 2.38. The lowest BCUT2D eigenvalue weighted by molar-refractivity contribution is -0.142. The molecule has 0 aliphatic heterocycles. The van der Waals surface area contributed by atoms with E-state index in [1.54, 1.807) is 30.3 Å². The lowest BCUT2D eigenvalue weighted by Crippen LogP contribution is -2.11. The molecule has 4 aromatic carbocycles. The number of alkyl halides is 3. The Morgan fingerprint density at radius 2 is 1.31 bits per heavy atom. The Bertz CT molecular complexity index is 1400. The van der Waals surface area contributed by atoms with Gasteiger partial charge in [0.2, 0.25) is 0 Å². The Balaban J connectivity index is 1.78. The number of hydrogen-bond acceptors (Lipinski definition) is 0. The molecule has 0 bridgehead atoms. The average Bonchev–Trinajstić information content (AvgIpc) is 2.76. The van der Waals surface area contributed by atoms with Gasteiger partial charge in [0.15, 0.2) is 0 Å². The van der Waals surface area contributed by atoms with Gasteiger partial charge in [0.1, 0.15) is 34.6 Å². The summed E-state index contributed by atoms with van der Waals surface area (Å²) in [5.74, 6) is -7.39. The van der Waals surface area contributed by atoms with Crippen LogP contribution in [0, 0.1) is 29.1 Å². The molecule has 0 amide bonds. The Hall–Kier alpha value is -3.68. The summed E-state index contributed by atoms with van der Waals surface area (Å²) in [5.41, 5.74) is -3.21. The van der Waals surface area contributed by atoms with E-state index in [9.17, 15) is 30.7 Å². The second kappa shape index (κ2) is 9.17. The third-order valence-corrected chi connectivity index (χ3v) is 5.62. The van der Waals surface area contributed by atoms with Crippen LogP contribution >= 0.6 is 0 Å². The number of aryl methyl sites for hydroxylation is 1. The summed E-state index contributed by atoms with van der Waals surface area (Å²) < 4.78 is 111. The van der Waals surface area contributed by atoms with E-state index in [4.69, 9.17) is 0 Å². The number of benzene rings is 4. The molecule has 0 atom stereocenters. The van der Waals surface area contributed by atoms with E-state index >= 15 is 4.39 Å². The van der Waals surface area contributed by atoms with Crippen LogP contribution < -0.4 is 0 Å². The largest absolute Gasteiger partial charge is 0.422 e. The van der Waals surface area contributed by atoms with Crippen LogP contribution in [0.2, 0.25) is 0 Å². The van der Waals surface area contributed by atoms with Crippen molar-refractivity contribution in [1.82, 2.24) is 0 Å². The van der Waals surface area contributed by atoms with Gasteiger partial charge in [-0.15, -0.1) is 6.58 Å². The minimum atomic E-state index is -5.33. The topological polar surface area (TPSA) is 0 Å². The van der Waals surface area contributed by atoms with Crippen LogP contribution in [-0.4, -0.2) is 0 Å². The molecule has 180 valence electrons. The fourth-order valence-corrected chi connectivity index (χ4v) is 3.98. The third-order valence-electron chi connectivity index (χ3n) is 5.62. The molecule has 0 heterocycles. The molecule has 0 aromatic heterocycles. The highest BCUT2D eigenvalue weighted by atomic mass is 19.4. The van der Waals surface area contributed by atoms with Gasteiger partial charge in [-0.05, 0) is 59.2 Å². The predicted molar refractivity (Wildman–Crippen MR) is 118 cm³/mol. The molecule has 0 spiro atoms. The minimum absolute atomic E-state index is 0.120. The Morgan fingerprint density at radius 1 is 0.714 bits per heavy atom. The zero-order chi connectivity index (χ0) is 25.5. The van der Waals surface area contributed by atoms with Gasteiger partial charge < -0.3 is 0 Å². The standard InChI is InChI=1S/C27H16F8/c1-2-3-4-14-5-7-18-15(9-14)6-8-19(26(18)32)16-10-20(28)24(21(29)11-16)17-12-22(30)25(23(31)13-17)27(33,34)35/h2,5-13H,1,3-4H2. The summed E-state index contributed by atoms with van der Waals surface area (Å²) in [4.78, 5) is 0. The highest BCUT2D eigenvalue weighted by molar-refractivity contribution is 5.89. The predicted octanol–water partition coefficient (Wildman–Crippen LogP) is 9.01. The van der Waals surface area contributed by atoms with Gasteiger partial charge in [0.25, 0.3) is 0 Å². The third kappa shape index (κ3) is 4.65. The molecule has 4 aromatic rings. The normalized spacial score (nSPS) is 11.8. The van der Waals surface area contributed by atoms with Crippen LogP contribution in [0.15, 0.2) is 67.3 Å². The summed E-state index contributed by atoms with van der Waals surface area (Å²) in [7, 11) is 0. The van der Waals surface area contributed by atoms with Crippen molar-refractivity contribution in [1.29, 1.82) is 0 Å². The fraction of sp³-hybridized carbons (Fsp3) is 0.111. The van der Waals surface area contributed by atoms with E-state index in [0.29, 0.717) is 11.8 Å². The number of fused-ring (bicyclic) bond motifs is 1. The highest BCUT2D eigenvalue weighted by Gasteiger charge is 2.38. The second-order valence-corrected chi connectivity index (χ2v) is 7.94. The van der Waals surface area contributed by atoms with Gasteiger partial charge in [0, 0.05) is 10.9 Å². The maximum absolute atomic E-state index is 15.2. The molecule has 0 nitrogen and oxygen atoms in total. The number of halogens is 8. The van der Waals surface area contributed by atoms with Crippen molar-refractivity contribution < 1.29 is 35.1 Å². The van der Waals surface area contributed by atoms with Crippen molar-refractivity contribution in [3.63, 3.8) is 0 Å². The lowest BCUT2D eigenvalue weighted by Gasteiger charge is -2.14. The van der Waals surface area contributed by atoms with Gasteiger partial charge in [-0.25, -0.2) is 22.0 Å².